The average molecular weight is 718 g/mol. The van der Waals surface area contributed by atoms with E-state index in [4.69, 9.17) is 0 Å². The predicted molar refractivity (Wildman–Crippen MR) is 234 cm³/mol. The number of nitrogens with zero attached hydrogens (tertiary/aromatic N) is 1. The summed E-state index contributed by atoms with van der Waals surface area (Å²) in [4.78, 5) is 2.36. The van der Waals surface area contributed by atoms with Crippen LogP contribution in [0.1, 0.15) is 22.3 Å². The van der Waals surface area contributed by atoms with Crippen LogP contribution < -0.4 is 4.90 Å². The molecular weight excluding hydrogens is 683 g/mol. The summed E-state index contributed by atoms with van der Waals surface area (Å²) in [5.41, 5.74) is 13.1. The minimum absolute atomic E-state index is 0.517. The molecule has 0 aliphatic heterocycles. The minimum atomic E-state index is -0.517. The van der Waals surface area contributed by atoms with E-state index >= 15 is 0 Å². The van der Waals surface area contributed by atoms with Gasteiger partial charge >= 0.3 is 0 Å². The maximum absolute atomic E-state index is 2.39. The van der Waals surface area contributed by atoms with Gasteiger partial charge < -0.3 is 4.90 Å². The molecule has 2 heteroatoms. The van der Waals surface area contributed by atoms with E-state index < -0.39 is 5.41 Å². The van der Waals surface area contributed by atoms with Crippen LogP contribution in [0.15, 0.2) is 212 Å². The van der Waals surface area contributed by atoms with Gasteiger partial charge in [-0.2, -0.15) is 0 Å². The molecule has 0 bridgehead atoms. The van der Waals surface area contributed by atoms with Crippen LogP contribution in [0.5, 0.6) is 0 Å². The van der Waals surface area contributed by atoms with Crippen molar-refractivity contribution in [2.24, 2.45) is 0 Å². The van der Waals surface area contributed by atoms with Gasteiger partial charge in [-0.3, -0.25) is 0 Å². The van der Waals surface area contributed by atoms with E-state index in [1.54, 1.807) is 0 Å². The molecule has 11 rings (SSSR count). The van der Waals surface area contributed by atoms with Gasteiger partial charge in [-0.05, 0) is 91.7 Å². The highest BCUT2D eigenvalue weighted by Gasteiger charge is 2.47. The van der Waals surface area contributed by atoms with E-state index in [2.05, 4.69) is 217 Å². The summed E-state index contributed by atoms with van der Waals surface area (Å²) in [6.45, 7) is 0. The molecule has 0 saturated heterocycles. The number of rotatable bonds is 6. The third kappa shape index (κ3) is 4.85. The number of hydrogen-bond acceptors (Lipinski definition) is 2. The smallest absolute Gasteiger partial charge is 0.0727 e. The zero-order valence-electron chi connectivity index (χ0n) is 30.1. The van der Waals surface area contributed by atoms with E-state index in [9.17, 15) is 0 Å². The average Bonchev–Trinajstić information content (AvgIpc) is 3.80. The van der Waals surface area contributed by atoms with E-state index in [0.717, 1.165) is 17.1 Å². The SMILES string of the molecule is c1ccc(-c2ccc(N(c3ccccc3)c3ccc(C4(c5cccc6c5sc5c7ccccc7ccc65)c5ccccc5-c5ccccc54)cc3)cc2)cc1. The zero-order valence-corrected chi connectivity index (χ0v) is 30.9. The van der Waals surface area contributed by atoms with Crippen molar-refractivity contribution in [1.82, 2.24) is 0 Å². The van der Waals surface area contributed by atoms with Crippen LogP contribution in [0.3, 0.4) is 0 Å². The highest BCUT2D eigenvalue weighted by atomic mass is 32.1. The topological polar surface area (TPSA) is 3.24 Å². The first-order valence-corrected chi connectivity index (χ1v) is 19.7. The Labute approximate surface area is 325 Å². The van der Waals surface area contributed by atoms with Gasteiger partial charge in [0.15, 0.2) is 0 Å². The molecule has 1 aliphatic carbocycles. The highest BCUT2D eigenvalue weighted by Crippen LogP contribution is 2.58. The molecule has 0 saturated carbocycles. The molecule has 258 valence electrons. The quantitative estimate of drug-likeness (QED) is 0.166. The van der Waals surface area contributed by atoms with E-state index in [1.165, 1.54) is 75.5 Å². The molecule has 10 aromatic rings. The normalized spacial score (nSPS) is 12.9. The second-order valence-corrected chi connectivity index (χ2v) is 15.4. The van der Waals surface area contributed by atoms with Crippen molar-refractivity contribution in [2.75, 3.05) is 4.90 Å². The van der Waals surface area contributed by atoms with Crippen LogP contribution in [0.2, 0.25) is 0 Å². The van der Waals surface area contributed by atoms with Gasteiger partial charge in [-0.15, -0.1) is 11.3 Å². The van der Waals surface area contributed by atoms with Crippen molar-refractivity contribution < 1.29 is 0 Å². The largest absolute Gasteiger partial charge is 0.311 e. The number of fused-ring (bicyclic) bond motifs is 8. The lowest BCUT2D eigenvalue weighted by molar-refractivity contribution is 0.778. The lowest BCUT2D eigenvalue weighted by atomic mass is 9.67. The Morgan fingerprint density at radius 1 is 0.327 bits per heavy atom. The highest BCUT2D eigenvalue weighted by molar-refractivity contribution is 7.27. The van der Waals surface area contributed by atoms with Crippen LogP contribution in [-0.2, 0) is 5.41 Å². The second-order valence-electron chi connectivity index (χ2n) is 14.4. The van der Waals surface area contributed by atoms with Gasteiger partial charge in [0, 0.05) is 37.2 Å². The molecule has 0 radical (unpaired) electrons. The first kappa shape index (κ1) is 31.8. The van der Waals surface area contributed by atoms with Crippen molar-refractivity contribution in [1.29, 1.82) is 0 Å². The first-order valence-electron chi connectivity index (χ1n) is 18.9. The number of thiophene rings is 1. The summed E-state index contributed by atoms with van der Waals surface area (Å²) in [6.07, 6.45) is 0. The van der Waals surface area contributed by atoms with Crippen molar-refractivity contribution in [3.63, 3.8) is 0 Å². The van der Waals surface area contributed by atoms with Crippen LogP contribution in [-0.4, -0.2) is 0 Å². The maximum Gasteiger partial charge on any atom is 0.0727 e. The molecule has 0 unspecified atom stereocenters. The van der Waals surface area contributed by atoms with E-state index in [1.807, 2.05) is 11.3 Å². The Balaban J connectivity index is 1.13. The van der Waals surface area contributed by atoms with Crippen molar-refractivity contribution in [2.45, 2.75) is 5.41 Å². The molecule has 1 heterocycles. The fraction of sp³-hybridized carbons (Fsp3) is 0.0189. The summed E-state index contributed by atoms with van der Waals surface area (Å²) in [7, 11) is 0. The van der Waals surface area contributed by atoms with Crippen molar-refractivity contribution in [3.05, 3.63) is 235 Å². The van der Waals surface area contributed by atoms with Crippen LogP contribution in [0.25, 0.3) is 53.2 Å². The fourth-order valence-electron chi connectivity index (χ4n) is 9.13. The Bertz CT molecular complexity index is 2970. The summed E-state index contributed by atoms with van der Waals surface area (Å²) in [6, 6.07) is 78.1. The van der Waals surface area contributed by atoms with Gasteiger partial charge in [0.05, 0.1) is 5.41 Å². The molecule has 0 amide bonds. The zero-order chi connectivity index (χ0) is 36.3. The third-order valence-electron chi connectivity index (χ3n) is 11.6. The standard InChI is InChI=1S/C53H35NS/c1-3-14-36(15-4-1)37-26-31-41(32-27-37)54(40-17-5-2-6-18-40)42-33-29-39(30-34-42)53(48-23-11-9-20-44(48)45-21-10-12-24-49(45)53)50-25-13-22-46-47-35-28-38-16-7-8-19-43(38)51(47)55-52(46)50/h1-35H. The summed E-state index contributed by atoms with van der Waals surface area (Å²) in [5, 5.41) is 5.23. The van der Waals surface area contributed by atoms with Gasteiger partial charge in [-0.25, -0.2) is 0 Å². The Kier molecular flexibility index (Phi) is 7.33. The van der Waals surface area contributed by atoms with Gasteiger partial charge in [-0.1, -0.05) is 176 Å². The lowest BCUT2D eigenvalue weighted by Crippen LogP contribution is -2.28. The van der Waals surface area contributed by atoms with E-state index in [0.29, 0.717) is 0 Å². The molecule has 1 nitrogen and oxygen atoms in total. The molecular formula is C53H35NS. The molecule has 1 aromatic heterocycles. The first-order chi connectivity index (χ1) is 27.3. The van der Waals surface area contributed by atoms with Gasteiger partial charge in [0.2, 0.25) is 0 Å². The van der Waals surface area contributed by atoms with Crippen LogP contribution in [0.4, 0.5) is 17.1 Å². The summed E-state index contributed by atoms with van der Waals surface area (Å²) < 4.78 is 2.69. The number of hydrogen-bond donors (Lipinski definition) is 0. The van der Waals surface area contributed by atoms with Gasteiger partial charge in [0.25, 0.3) is 0 Å². The maximum atomic E-state index is 2.39. The summed E-state index contributed by atoms with van der Waals surface area (Å²) in [5.74, 6) is 0. The Hall–Kier alpha value is -6.74. The molecule has 0 fully saturated rings. The predicted octanol–water partition coefficient (Wildman–Crippen LogP) is 14.7. The summed E-state index contributed by atoms with van der Waals surface area (Å²) >= 11 is 1.94. The molecule has 55 heavy (non-hydrogen) atoms. The van der Waals surface area contributed by atoms with Crippen molar-refractivity contribution in [3.8, 4) is 22.3 Å². The Morgan fingerprint density at radius 3 is 1.55 bits per heavy atom. The second kappa shape index (κ2) is 12.7. The fourth-order valence-corrected chi connectivity index (χ4v) is 10.5. The third-order valence-corrected chi connectivity index (χ3v) is 12.8. The molecule has 0 atom stereocenters. The number of para-hydroxylation sites is 1. The minimum Gasteiger partial charge on any atom is -0.311 e. The van der Waals surface area contributed by atoms with Crippen LogP contribution >= 0.6 is 11.3 Å². The van der Waals surface area contributed by atoms with Crippen molar-refractivity contribution >= 4 is 59.3 Å². The molecule has 9 aromatic carbocycles. The van der Waals surface area contributed by atoms with Crippen LogP contribution in [0, 0.1) is 0 Å². The Morgan fingerprint density at radius 2 is 0.836 bits per heavy atom. The molecule has 0 spiro atoms. The molecule has 1 aliphatic rings. The number of anilines is 3. The monoisotopic (exact) mass is 717 g/mol. The lowest BCUT2D eigenvalue weighted by Gasteiger charge is -2.35. The number of benzene rings is 9. The van der Waals surface area contributed by atoms with Gasteiger partial charge in [0.1, 0.15) is 0 Å². The molecule has 0 N–H and O–H groups in total. The van der Waals surface area contributed by atoms with E-state index in [-0.39, 0.29) is 0 Å².